The number of fused-ring (bicyclic) bond motifs is 1. The highest BCUT2D eigenvalue weighted by Crippen LogP contribution is 2.32. The van der Waals surface area contributed by atoms with E-state index in [1.54, 1.807) is 13.3 Å². The largest absolute Gasteiger partial charge is 0.497 e. The average Bonchev–Trinajstić information content (AvgIpc) is 2.74. The molecule has 6 nitrogen and oxygen atoms in total. The number of likely N-dealkylation sites (tertiary alicyclic amines) is 1. The van der Waals surface area contributed by atoms with E-state index in [-0.39, 0.29) is 24.4 Å². The normalized spacial score (nSPS) is 16.1. The first-order valence-electron chi connectivity index (χ1n) is 10.0. The Morgan fingerprint density at radius 1 is 1.23 bits per heavy atom. The Morgan fingerprint density at radius 3 is 2.83 bits per heavy atom. The number of carbonyl (C=O) groups is 1. The topological polar surface area (TPSA) is 67.3 Å². The van der Waals surface area contributed by atoms with Gasteiger partial charge >= 0.3 is 0 Å². The third kappa shape index (κ3) is 4.33. The highest BCUT2D eigenvalue weighted by atomic mass is 35.5. The van der Waals surface area contributed by atoms with Gasteiger partial charge in [-0.05, 0) is 57.4 Å². The molecular formula is C23H27ClN4O2. The Balaban J connectivity index is 0.00000256. The number of halogens is 1. The smallest absolute Gasteiger partial charge is 0.257 e. The molecule has 1 atom stereocenters. The van der Waals surface area contributed by atoms with Gasteiger partial charge in [-0.2, -0.15) is 0 Å². The van der Waals surface area contributed by atoms with Crippen LogP contribution in [0.15, 0.2) is 42.6 Å². The van der Waals surface area contributed by atoms with Gasteiger partial charge in [0.15, 0.2) is 5.65 Å². The molecule has 1 aliphatic rings. The lowest BCUT2D eigenvalue weighted by Gasteiger charge is -2.34. The third-order valence-corrected chi connectivity index (χ3v) is 5.50. The van der Waals surface area contributed by atoms with Crippen molar-refractivity contribution in [2.24, 2.45) is 0 Å². The fourth-order valence-corrected chi connectivity index (χ4v) is 3.87. The fourth-order valence-electron chi connectivity index (χ4n) is 3.87. The number of aromatic nitrogens is 2. The maximum absolute atomic E-state index is 13.5. The van der Waals surface area contributed by atoms with E-state index >= 15 is 0 Å². The van der Waals surface area contributed by atoms with E-state index in [4.69, 9.17) is 4.74 Å². The highest BCUT2D eigenvalue weighted by molar-refractivity contribution is 6.07. The summed E-state index contributed by atoms with van der Waals surface area (Å²) in [5, 5.41) is 4.26. The summed E-state index contributed by atoms with van der Waals surface area (Å²) in [7, 11) is 1.64. The number of ether oxygens (including phenoxy) is 1. The summed E-state index contributed by atoms with van der Waals surface area (Å²) in [6.07, 6.45) is 4.89. The molecule has 1 aromatic carbocycles. The van der Waals surface area contributed by atoms with Crippen molar-refractivity contribution in [3.63, 3.8) is 0 Å². The van der Waals surface area contributed by atoms with E-state index < -0.39 is 0 Å². The Kier molecular flexibility index (Phi) is 6.77. The molecule has 158 valence electrons. The van der Waals surface area contributed by atoms with Crippen LogP contribution < -0.4 is 10.1 Å². The number of hydrogen-bond acceptors (Lipinski definition) is 5. The fraction of sp³-hybridized carbons (Fsp3) is 0.348. The van der Waals surface area contributed by atoms with Crippen molar-refractivity contribution in [1.29, 1.82) is 0 Å². The van der Waals surface area contributed by atoms with Crippen molar-refractivity contribution in [3.8, 4) is 5.75 Å². The number of nitrogens with zero attached hydrogens (tertiary/aromatic N) is 3. The molecule has 7 heteroatoms. The number of rotatable bonds is 4. The summed E-state index contributed by atoms with van der Waals surface area (Å²) in [4.78, 5) is 24.5. The van der Waals surface area contributed by atoms with Gasteiger partial charge in [0.25, 0.3) is 5.91 Å². The standard InChI is InChI=1S/C23H26N4O2.ClH/c1-15-10-11-19-21(26-17-8-6-9-18(13-17)29-3)20(14-24-22(19)25-15)23(28)27-12-5-4-7-16(27)2;/h6,8-11,13-14,16H,4-5,7,12H2,1-3H3,(H,24,25,26);1H. The van der Waals surface area contributed by atoms with Crippen molar-refractivity contribution >= 4 is 40.7 Å². The zero-order valence-electron chi connectivity index (χ0n) is 17.5. The van der Waals surface area contributed by atoms with E-state index in [0.29, 0.717) is 11.2 Å². The molecule has 30 heavy (non-hydrogen) atoms. The first-order chi connectivity index (χ1) is 14.1. The van der Waals surface area contributed by atoms with Crippen LogP contribution in [0.5, 0.6) is 5.75 Å². The first-order valence-corrected chi connectivity index (χ1v) is 10.0. The molecule has 1 N–H and O–H groups in total. The van der Waals surface area contributed by atoms with Gasteiger partial charge in [0.1, 0.15) is 5.75 Å². The van der Waals surface area contributed by atoms with Crippen molar-refractivity contribution < 1.29 is 9.53 Å². The zero-order valence-corrected chi connectivity index (χ0v) is 18.3. The Bertz CT molecular complexity index is 1060. The van der Waals surface area contributed by atoms with Crippen LogP contribution in [0.25, 0.3) is 11.0 Å². The summed E-state index contributed by atoms with van der Waals surface area (Å²) < 4.78 is 5.34. The van der Waals surface area contributed by atoms with E-state index in [0.717, 1.165) is 47.6 Å². The number of pyridine rings is 2. The monoisotopic (exact) mass is 426 g/mol. The molecule has 3 heterocycles. The van der Waals surface area contributed by atoms with Crippen molar-refractivity contribution in [3.05, 3.63) is 53.9 Å². The van der Waals surface area contributed by atoms with Gasteiger partial charge in [-0.25, -0.2) is 9.97 Å². The number of benzene rings is 1. The lowest BCUT2D eigenvalue weighted by atomic mass is 10.0. The van der Waals surface area contributed by atoms with Crippen LogP contribution in [0, 0.1) is 6.92 Å². The number of piperidine rings is 1. The van der Waals surface area contributed by atoms with Gasteiger partial charge < -0.3 is 15.0 Å². The van der Waals surface area contributed by atoms with Crippen LogP contribution in [0.4, 0.5) is 11.4 Å². The molecule has 0 bridgehead atoms. The molecule has 1 aliphatic heterocycles. The highest BCUT2D eigenvalue weighted by Gasteiger charge is 2.27. The summed E-state index contributed by atoms with van der Waals surface area (Å²) >= 11 is 0. The number of carbonyl (C=O) groups excluding carboxylic acids is 1. The minimum atomic E-state index is 0. The second kappa shape index (κ2) is 9.30. The van der Waals surface area contributed by atoms with Gasteiger partial charge in [0.05, 0.1) is 18.4 Å². The van der Waals surface area contributed by atoms with E-state index in [1.807, 2.05) is 48.2 Å². The van der Waals surface area contributed by atoms with Crippen molar-refractivity contribution in [1.82, 2.24) is 14.9 Å². The van der Waals surface area contributed by atoms with E-state index in [9.17, 15) is 4.79 Å². The lowest BCUT2D eigenvalue weighted by Crippen LogP contribution is -2.42. The number of aryl methyl sites for hydroxylation is 1. The van der Waals surface area contributed by atoms with Crippen LogP contribution in [-0.2, 0) is 0 Å². The molecule has 3 aromatic rings. The molecular weight excluding hydrogens is 400 g/mol. The van der Waals surface area contributed by atoms with Gasteiger partial charge in [-0.15, -0.1) is 12.4 Å². The van der Waals surface area contributed by atoms with Crippen molar-refractivity contribution in [2.45, 2.75) is 39.2 Å². The predicted molar refractivity (Wildman–Crippen MR) is 122 cm³/mol. The summed E-state index contributed by atoms with van der Waals surface area (Å²) in [6.45, 7) is 4.83. The third-order valence-electron chi connectivity index (χ3n) is 5.50. The van der Waals surface area contributed by atoms with Gasteiger partial charge in [0, 0.05) is 41.6 Å². The van der Waals surface area contributed by atoms with Gasteiger partial charge in [0.2, 0.25) is 0 Å². The van der Waals surface area contributed by atoms with E-state index in [1.165, 1.54) is 6.42 Å². The van der Waals surface area contributed by atoms with Crippen LogP contribution in [0.2, 0.25) is 0 Å². The molecule has 1 unspecified atom stereocenters. The molecule has 2 aromatic heterocycles. The minimum absolute atomic E-state index is 0. The van der Waals surface area contributed by atoms with Crippen LogP contribution in [0.3, 0.4) is 0 Å². The molecule has 1 fully saturated rings. The second-order valence-corrected chi connectivity index (χ2v) is 7.57. The zero-order chi connectivity index (χ0) is 20.4. The van der Waals surface area contributed by atoms with Crippen LogP contribution >= 0.6 is 12.4 Å². The minimum Gasteiger partial charge on any atom is -0.497 e. The molecule has 0 aliphatic carbocycles. The van der Waals surface area contributed by atoms with Crippen LogP contribution in [0.1, 0.15) is 42.2 Å². The molecule has 0 saturated carbocycles. The average molecular weight is 427 g/mol. The maximum Gasteiger partial charge on any atom is 0.257 e. The molecule has 1 amide bonds. The number of methoxy groups -OCH3 is 1. The maximum atomic E-state index is 13.5. The second-order valence-electron chi connectivity index (χ2n) is 7.57. The quantitative estimate of drug-likeness (QED) is 0.626. The molecule has 0 radical (unpaired) electrons. The summed E-state index contributed by atoms with van der Waals surface area (Å²) in [6, 6.07) is 11.8. The molecule has 1 saturated heterocycles. The summed E-state index contributed by atoms with van der Waals surface area (Å²) in [5.74, 6) is 0.762. The summed E-state index contributed by atoms with van der Waals surface area (Å²) in [5.41, 5.74) is 3.66. The van der Waals surface area contributed by atoms with Gasteiger partial charge in [-0.1, -0.05) is 6.07 Å². The number of anilines is 2. The Morgan fingerprint density at radius 2 is 2.07 bits per heavy atom. The number of nitrogens with one attached hydrogen (secondary N) is 1. The Labute approximate surface area is 183 Å². The van der Waals surface area contributed by atoms with E-state index in [2.05, 4.69) is 22.2 Å². The first kappa shape index (κ1) is 21.8. The lowest BCUT2D eigenvalue weighted by molar-refractivity contribution is 0.0636. The SMILES string of the molecule is COc1cccc(Nc2c(C(=O)N3CCCCC3C)cnc3nc(C)ccc23)c1.Cl. The van der Waals surface area contributed by atoms with Crippen LogP contribution in [-0.4, -0.2) is 40.5 Å². The molecule has 0 spiro atoms. The Hall–Kier alpha value is -2.86. The van der Waals surface area contributed by atoms with Crippen molar-refractivity contribution in [2.75, 3.05) is 19.0 Å². The number of hydrogen-bond donors (Lipinski definition) is 1. The molecule has 4 rings (SSSR count). The van der Waals surface area contributed by atoms with Gasteiger partial charge in [-0.3, -0.25) is 4.79 Å². The predicted octanol–water partition coefficient (Wildman–Crippen LogP) is 5.13. The number of amides is 1.